The highest BCUT2D eigenvalue weighted by Crippen LogP contribution is 2.26. The van der Waals surface area contributed by atoms with Crippen molar-refractivity contribution in [2.24, 2.45) is 0 Å². The van der Waals surface area contributed by atoms with Crippen LogP contribution in [0.2, 0.25) is 0 Å². The fourth-order valence-electron chi connectivity index (χ4n) is 2.08. The van der Waals surface area contributed by atoms with Crippen LogP contribution in [0.25, 0.3) is 10.8 Å². The molecule has 0 aromatic heterocycles. The van der Waals surface area contributed by atoms with E-state index in [1.807, 2.05) is 0 Å². The lowest BCUT2D eigenvalue weighted by Crippen LogP contribution is -1.91. The lowest BCUT2D eigenvalue weighted by atomic mass is 9.94. The zero-order chi connectivity index (χ0) is 13.1. The predicted molar refractivity (Wildman–Crippen MR) is 78.7 cm³/mol. The van der Waals surface area contributed by atoms with Gasteiger partial charge in [-0.15, -0.1) is 11.1 Å². The summed E-state index contributed by atoms with van der Waals surface area (Å²) >= 11 is 0. The first-order valence-electron chi connectivity index (χ1n) is 5.57. The third-order valence-corrected chi connectivity index (χ3v) is 3.12. The van der Waals surface area contributed by atoms with Gasteiger partial charge in [-0.25, -0.2) is 0 Å². The van der Waals surface area contributed by atoms with Gasteiger partial charge < -0.3 is 0 Å². The summed E-state index contributed by atoms with van der Waals surface area (Å²) < 4.78 is 0. The Labute approximate surface area is 115 Å². The van der Waals surface area contributed by atoms with Crippen molar-refractivity contribution in [3.63, 3.8) is 0 Å². The predicted octanol–water partition coefficient (Wildman–Crippen LogP) is 2.41. The van der Waals surface area contributed by atoms with E-state index in [1.165, 1.54) is 5.56 Å². The minimum Gasteiger partial charge on any atom is -0.133 e. The molecule has 0 saturated carbocycles. The van der Waals surface area contributed by atoms with E-state index in [-0.39, 0.29) is 0 Å². The molecule has 0 aliphatic rings. The highest BCUT2D eigenvalue weighted by molar-refractivity contribution is 6.23. The second-order valence-electron chi connectivity index (χ2n) is 4.17. The smallest absolute Gasteiger partial charge is 0.133 e. The fourth-order valence-corrected chi connectivity index (χ4v) is 2.34. The van der Waals surface area contributed by atoms with Gasteiger partial charge in [-0.2, -0.15) is 0 Å². The summed E-state index contributed by atoms with van der Waals surface area (Å²) in [6.45, 7) is 4.14. The zero-order valence-electron chi connectivity index (χ0n) is 10.3. The number of hydrogen-bond donors (Lipinski definition) is 0. The highest BCUT2D eigenvalue weighted by Gasteiger charge is 2.07. The van der Waals surface area contributed by atoms with Gasteiger partial charge in [0.1, 0.15) is 20.5 Å². The summed E-state index contributed by atoms with van der Waals surface area (Å²) in [7, 11) is 6.44. The maximum absolute atomic E-state index is 3.22. The van der Waals surface area contributed by atoms with Crippen LogP contribution in [0.1, 0.15) is 22.3 Å². The van der Waals surface area contributed by atoms with Crippen LogP contribution in [-0.4, -0.2) is 20.5 Å². The third-order valence-electron chi connectivity index (χ3n) is 2.87. The number of benzene rings is 2. The quantitative estimate of drug-likeness (QED) is 0.503. The summed E-state index contributed by atoms with van der Waals surface area (Å²) in [6, 6.07) is 8.45. The molecule has 2 heteroatoms. The minimum atomic E-state index is 1.03. The first kappa shape index (κ1) is 12.7. The van der Waals surface area contributed by atoms with E-state index in [1.54, 1.807) is 0 Å². The summed E-state index contributed by atoms with van der Waals surface area (Å²) in [5.41, 5.74) is 10.0. The molecular weight excluding hydrogens is 248 g/mol. The van der Waals surface area contributed by atoms with Gasteiger partial charge in [0.25, 0.3) is 0 Å². The van der Waals surface area contributed by atoms with Crippen molar-refractivity contribution in [2.45, 2.75) is 13.8 Å². The SMILES string of the molecule is Cc1ccc2c(C#C[Si])c(C)cc(C#C[Si])c2c1. The lowest BCUT2D eigenvalue weighted by Gasteiger charge is -2.09. The summed E-state index contributed by atoms with van der Waals surface area (Å²) in [4.78, 5) is 0. The Hall–Kier alpha value is -1.75. The molecule has 0 fully saturated rings. The largest absolute Gasteiger partial charge is 0.147 e. The van der Waals surface area contributed by atoms with E-state index in [0.717, 1.165) is 27.5 Å². The van der Waals surface area contributed by atoms with Gasteiger partial charge in [0, 0.05) is 11.1 Å². The molecule has 18 heavy (non-hydrogen) atoms. The molecule has 0 spiro atoms. The van der Waals surface area contributed by atoms with Gasteiger partial charge >= 0.3 is 0 Å². The molecular formula is C16H10Si2. The number of hydrogen-bond acceptors (Lipinski definition) is 0. The van der Waals surface area contributed by atoms with E-state index in [2.05, 4.69) is 81.5 Å². The molecule has 0 bridgehead atoms. The summed E-state index contributed by atoms with van der Waals surface area (Å²) in [5.74, 6) is 6.20. The summed E-state index contributed by atoms with van der Waals surface area (Å²) in [6.07, 6.45) is 0. The van der Waals surface area contributed by atoms with Crippen LogP contribution in [0, 0.1) is 36.8 Å². The van der Waals surface area contributed by atoms with Crippen molar-refractivity contribution < 1.29 is 0 Å². The van der Waals surface area contributed by atoms with Crippen molar-refractivity contribution in [1.29, 1.82) is 0 Å². The van der Waals surface area contributed by atoms with E-state index >= 15 is 0 Å². The highest BCUT2D eigenvalue weighted by atomic mass is 28.1. The van der Waals surface area contributed by atoms with Crippen LogP contribution in [0.5, 0.6) is 0 Å². The van der Waals surface area contributed by atoms with Crippen LogP contribution in [-0.2, 0) is 0 Å². The lowest BCUT2D eigenvalue weighted by molar-refractivity contribution is 1.44. The van der Waals surface area contributed by atoms with Gasteiger partial charge in [-0.05, 0) is 36.2 Å². The second kappa shape index (κ2) is 5.27. The molecule has 0 N–H and O–H groups in total. The molecule has 2 rings (SSSR count). The number of rotatable bonds is 0. The normalized spacial score (nSPS) is 9.33. The first-order valence-corrected chi connectivity index (χ1v) is 6.57. The van der Waals surface area contributed by atoms with Gasteiger partial charge in [0.2, 0.25) is 0 Å². The maximum atomic E-state index is 3.22. The number of fused-ring (bicyclic) bond motifs is 1. The molecule has 6 radical (unpaired) electrons. The number of aryl methyl sites for hydroxylation is 2. The fraction of sp³-hybridized carbons (Fsp3) is 0.125. The molecule has 0 saturated heterocycles. The second-order valence-corrected chi connectivity index (χ2v) is 4.67. The van der Waals surface area contributed by atoms with Crippen LogP contribution < -0.4 is 0 Å². The molecule has 0 aliphatic carbocycles. The Morgan fingerprint density at radius 2 is 1.61 bits per heavy atom. The van der Waals surface area contributed by atoms with Crippen molar-refractivity contribution >= 4 is 31.3 Å². The Bertz CT molecular complexity index is 735. The Morgan fingerprint density at radius 3 is 2.28 bits per heavy atom. The van der Waals surface area contributed by atoms with Crippen LogP contribution in [0.3, 0.4) is 0 Å². The average molecular weight is 258 g/mol. The standard InChI is InChI=1S/C16H10Si2/c1-11-3-4-15-14(6-8-18)12(2)10-13(5-7-17)16(15)9-11/h3-4,9-10H,1-2H3. The van der Waals surface area contributed by atoms with Gasteiger partial charge in [0.15, 0.2) is 0 Å². The first-order chi connectivity index (χ1) is 8.67. The molecule has 0 unspecified atom stereocenters. The van der Waals surface area contributed by atoms with Crippen molar-refractivity contribution in [1.82, 2.24) is 0 Å². The molecule has 0 atom stereocenters. The minimum absolute atomic E-state index is 1.03. The van der Waals surface area contributed by atoms with E-state index in [9.17, 15) is 0 Å². The molecule has 0 nitrogen and oxygen atoms in total. The molecule has 2 aromatic rings. The van der Waals surface area contributed by atoms with Crippen LogP contribution >= 0.6 is 0 Å². The van der Waals surface area contributed by atoms with Gasteiger partial charge in [0.05, 0.1) is 0 Å². The van der Waals surface area contributed by atoms with Gasteiger partial charge in [-0.3, -0.25) is 0 Å². The zero-order valence-corrected chi connectivity index (χ0v) is 12.3. The molecule has 0 aliphatic heterocycles. The average Bonchev–Trinajstić information content (AvgIpc) is 2.34. The van der Waals surface area contributed by atoms with E-state index < -0.39 is 0 Å². The Kier molecular flexibility index (Phi) is 3.72. The van der Waals surface area contributed by atoms with E-state index in [0.29, 0.717) is 0 Å². The van der Waals surface area contributed by atoms with Crippen molar-refractivity contribution in [3.05, 3.63) is 46.5 Å². The van der Waals surface area contributed by atoms with E-state index in [4.69, 9.17) is 0 Å². The van der Waals surface area contributed by atoms with Crippen molar-refractivity contribution in [2.75, 3.05) is 0 Å². The Balaban J connectivity index is 2.95. The van der Waals surface area contributed by atoms with Crippen LogP contribution in [0.15, 0.2) is 24.3 Å². The molecule has 0 amide bonds. The maximum Gasteiger partial charge on any atom is 0.147 e. The van der Waals surface area contributed by atoms with Crippen molar-refractivity contribution in [3.8, 4) is 22.9 Å². The van der Waals surface area contributed by atoms with Gasteiger partial charge in [-0.1, -0.05) is 35.6 Å². The molecule has 82 valence electrons. The summed E-state index contributed by atoms with van der Waals surface area (Å²) in [5, 5.41) is 2.30. The third kappa shape index (κ3) is 2.26. The molecule has 0 heterocycles. The monoisotopic (exact) mass is 258 g/mol. The topological polar surface area (TPSA) is 0 Å². The Morgan fingerprint density at radius 1 is 0.889 bits per heavy atom. The van der Waals surface area contributed by atoms with Crippen LogP contribution in [0.4, 0.5) is 0 Å². The molecule has 2 aromatic carbocycles.